The van der Waals surface area contributed by atoms with Crippen LogP contribution in [0.5, 0.6) is 0 Å². The first-order valence-electron chi connectivity index (χ1n) is 4.60. The van der Waals surface area contributed by atoms with Crippen LogP contribution >= 0.6 is 24.0 Å². The van der Waals surface area contributed by atoms with E-state index in [0.717, 1.165) is 0 Å². The summed E-state index contributed by atoms with van der Waals surface area (Å²) in [6, 6.07) is 1.94. The lowest BCUT2D eigenvalue weighted by molar-refractivity contribution is -0.144. The van der Waals surface area contributed by atoms with E-state index in [2.05, 4.69) is 4.84 Å². The number of carbonyl (C=O) groups is 2. The fraction of sp³-hybridized carbons (Fsp3) is 0.333. The Kier molecular flexibility index (Phi) is 3.15. The largest absolute Gasteiger partial charge is 0.373 e. The molecule has 0 aromatic rings. The highest BCUT2D eigenvalue weighted by Crippen LogP contribution is 2.39. The molecule has 1 fully saturated rings. The van der Waals surface area contributed by atoms with Crippen molar-refractivity contribution in [3.63, 3.8) is 0 Å². The van der Waals surface area contributed by atoms with E-state index in [9.17, 15) is 9.59 Å². The van der Waals surface area contributed by atoms with Crippen LogP contribution in [0.4, 0.5) is 0 Å². The lowest BCUT2D eigenvalue weighted by atomic mass is 10.1. The van der Waals surface area contributed by atoms with Gasteiger partial charge in [-0.25, -0.2) is 4.79 Å². The van der Waals surface area contributed by atoms with E-state index in [1.54, 1.807) is 0 Å². The number of nitrogens with two attached hydrogens (primary N) is 1. The summed E-state index contributed by atoms with van der Waals surface area (Å²) in [5, 5.41) is 8.36. The molecule has 1 saturated heterocycles. The van der Waals surface area contributed by atoms with Crippen LogP contribution in [0, 0.1) is 11.3 Å². The predicted octanol–water partition coefficient (Wildman–Crippen LogP) is -0.144. The van der Waals surface area contributed by atoms with Crippen molar-refractivity contribution in [3.05, 3.63) is 11.3 Å². The summed E-state index contributed by atoms with van der Waals surface area (Å²) in [6.07, 6.45) is 0.0562. The molecule has 0 spiro atoms. The molecule has 2 aliphatic rings. The number of rotatable bonds is 2. The molecule has 2 rings (SSSR count). The van der Waals surface area contributed by atoms with Crippen molar-refractivity contribution in [1.29, 1.82) is 5.26 Å². The number of hydrogen-bond donors (Lipinski definition) is 1. The summed E-state index contributed by atoms with van der Waals surface area (Å²) in [5.41, 5.74) is 0.608. The Bertz CT molecular complexity index is 494. The molecule has 1 amide bonds. The molecular weight excluding hydrogens is 262 g/mol. The fourth-order valence-electron chi connectivity index (χ4n) is 1.70. The zero-order valence-corrected chi connectivity index (χ0v) is 10.1. The van der Waals surface area contributed by atoms with Gasteiger partial charge in [-0.15, -0.1) is 11.8 Å². The van der Waals surface area contributed by atoms with Gasteiger partial charge in [-0.1, -0.05) is 12.2 Å². The molecule has 0 saturated carbocycles. The van der Waals surface area contributed by atoms with Crippen molar-refractivity contribution in [2.24, 2.45) is 5.90 Å². The Morgan fingerprint density at radius 1 is 1.76 bits per heavy atom. The van der Waals surface area contributed by atoms with Crippen molar-refractivity contribution in [1.82, 2.24) is 4.90 Å². The number of nitrogens with zero attached hydrogens (tertiary/aromatic N) is 2. The highest BCUT2D eigenvalue weighted by molar-refractivity contribution is 8.02. The number of hydrogen-bond acceptors (Lipinski definition) is 7. The third-order valence-corrected chi connectivity index (χ3v) is 4.30. The Labute approximate surface area is 106 Å². The zero-order chi connectivity index (χ0) is 12.6. The summed E-state index contributed by atoms with van der Waals surface area (Å²) in [4.78, 5) is 28.8. The number of β-lactam (4-membered cyclic amide) rings is 1. The van der Waals surface area contributed by atoms with Gasteiger partial charge in [0.05, 0.1) is 12.5 Å². The second-order valence-corrected chi connectivity index (χ2v) is 4.90. The molecule has 2 heterocycles. The molecule has 17 heavy (non-hydrogen) atoms. The highest BCUT2D eigenvalue weighted by atomic mass is 32.2. The highest BCUT2D eigenvalue weighted by Gasteiger charge is 2.50. The van der Waals surface area contributed by atoms with Gasteiger partial charge in [0, 0.05) is 5.75 Å². The van der Waals surface area contributed by atoms with E-state index in [1.165, 1.54) is 16.7 Å². The molecule has 1 atom stereocenters. The minimum atomic E-state index is -0.809. The van der Waals surface area contributed by atoms with Crippen molar-refractivity contribution >= 4 is 40.7 Å². The second-order valence-electron chi connectivity index (χ2n) is 3.40. The van der Waals surface area contributed by atoms with Crippen LogP contribution in [0.15, 0.2) is 11.3 Å². The first-order valence-corrected chi connectivity index (χ1v) is 6.06. The van der Waals surface area contributed by atoms with Gasteiger partial charge in [0.2, 0.25) is 0 Å². The van der Waals surface area contributed by atoms with Crippen LogP contribution in [0.3, 0.4) is 0 Å². The Morgan fingerprint density at radius 2 is 2.47 bits per heavy atom. The topological polar surface area (TPSA) is 96.4 Å². The van der Waals surface area contributed by atoms with Gasteiger partial charge in [-0.05, 0) is 5.57 Å². The van der Waals surface area contributed by atoms with Gasteiger partial charge in [0.1, 0.15) is 15.9 Å². The molecule has 6 nitrogen and oxygen atoms in total. The Hall–Kier alpha value is -1.43. The zero-order valence-electron chi connectivity index (χ0n) is 8.50. The maximum Gasteiger partial charge on any atom is 0.373 e. The van der Waals surface area contributed by atoms with Gasteiger partial charge in [-0.3, -0.25) is 9.69 Å². The summed E-state index contributed by atoms with van der Waals surface area (Å²) < 4.78 is 0. The van der Waals surface area contributed by atoms with E-state index in [1.807, 2.05) is 6.07 Å². The van der Waals surface area contributed by atoms with Gasteiger partial charge in [0.25, 0.3) is 5.91 Å². The molecule has 0 aromatic carbocycles. The van der Waals surface area contributed by atoms with Crippen LogP contribution in [0.1, 0.15) is 6.42 Å². The summed E-state index contributed by atoms with van der Waals surface area (Å²) in [7, 11) is 0. The Morgan fingerprint density at radius 3 is 3.06 bits per heavy atom. The quantitative estimate of drug-likeness (QED) is 0.423. The number of thioether (sulfide) groups is 1. The van der Waals surface area contributed by atoms with Gasteiger partial charge in [-0.2, -0.15) is 11.2 Å². The molecule has 0 radical (unpaired) electrons. The van der Waals surface area contributed by atoms with Crippen molar-refractivity contribution < 1.29 is 14.4 Å². The third-order valence-electron chi connectivity index (χ3n) is 2.47. The van der Waals surface area contributed by atoms with E-state index in [0.29, 0.717) is 11.3 Å². The smallest absolute Gasteiger partial charge is 0.369 e. The maximum absolute atomic E-state index is 11.6. The van der Waals surface area contributed by atoms with E-state index in [4.69, 9.17) is 23.4 Å². The van der Waals surface area contributed by atoms with Crippen LogP contribution in [0.25, 0.3) is 0 Å². The monoisotopic (exact) mass is 269 g/mol. The fourth-order valence-corrected chi connectivity index (χ4v) is 3.31. The van der Waals surface area contributed by atoms with Crippen LogP contribution in [-0.4, -0.2) is 32.8 Å². The van der Waals surface area contributed by atoms with Crippen molar-refractivity contribution in [2.75, 3.05) is 5.75 Å². The van der Waals surface area contributed by atoms with Crippen molar-refractivity contribution in [2.45, 2.75) is 11.8 Å². The number of thiocarbonyl (C=S) groups is 1. The average Bonchev–Trinajstić information content (AvgIpc) is 2.36. The molecule has 0 unspecified atom stereocenters. The molecule has 0 bridgehead atoms. The third kappa shape index (κ3) is 1.72. The maximum atomic E-state index is 11.6. The second kappa shape index (κ2) is 4.44. The molecule has 0 aromatic heterocycles. The van der Waals surface area contributed by atoms with Crippen LogP contribution in [0.2, 0.25) is 0 Å². The van der Waals surface area contributed by atoms with E-state index < -0.39 is 11.9 Å². The summed E-state index contributed by atoms with van der Waals surface area (Å²) in [5.74, 6) is 4.09. The first-order chi connectivity index (χ1) is 8.11. The average molecular weight is 269 g/mol. The first kappa shape index (κ1) is 12.0. The molecular formula is C9H7N3O3S2. The minimum absolute atomic E-state index is 0.0562. The molecule has 0 aliphatic carbocycles. The predicted molar refractivity (Wildman–Crippen MR) is 63.2 cm³/mol. The Balaban J connectivity index is 2.41. The van der Waals surface area contributed by atoms with Crippen LogP contribution in [-0.2, 0) is 14.4 Å². The molecule has 88 valence electrons. The van der Waals surface area contributed by atoms with Gasteiger partial charge in [0.15, 0.2) is 0 Å². The number of fused-ring (bicyclic) bond motifs is 1. The molecule has 8 heteroatoms. The lowest BCUT2D eigenvalue weighted by Gasteiger charge is -2.44. The summed E-state index contributed by atoms with van der Waals surface area (Å²) in [6.45, 7) is 0. The standard InChI is InChI=1S/C9H7N3O3S2/c10-2-1-4-3-17-8-6(16)7(13)12(8)5(4)9(14)15-11/h8H,1,3,11H2/t8-/m0/s1. The van der Waals surface area contributed by atoms with Gasteiger partial charge >= 0.3 is 5.97 Å². The SMILES string of the molecule is N#CCC1=C(C(=O)ON)N2C(=O)C(=S)[C@@H]2SC1. The molecule has 2 aliphatic heterocycles. The van der Waals surface area contributed by atoms with E-state index >= 15 is 0 Å². The summed E-state index contributed by atoms with van der Waals surface area (Å²) >= 11 is 6.31. The van der Waals surface area contributed by atoms with E-state index in [-0.39, 0.29) is 22.4 Å². The van der Waals surface area contributed by atoms with Crippen molar-refractivity contribution in [3.8, 4) is 6.07 Å². The minimum Gasteiger partial charge on any atom is -0.369 e. The lowest BCUT2D eigenvalue weighted by Crippen LogP contribution is -2.61. The number of amides is 1. The van der Waals surface area contributed by atoms with Gasteiger partial charge < -0.3 is 4.84 Å². The van der Waals surface area contributed by atoms with Crippen LogP contribution < -0.4 is 5.90 Å². The number of nitriles is 1. The molecule has 2 N–H and O–H groups in total. The number of carbonyl (C=O) groups excluding carboxylic acids is 2. The normalized spacial score (nSPS) is 22.8.